The van der Waals surface area contributed by atoms with Gasteiger partial charge >= 0.3 is 11.9 Å². The number of carboxylic acids is 1. The zero-order valence-corrected chi connectivity index (χ0v) is 38.5. The lowest BCUT2D eigenvalue weighted by molar-refractivity contribution is -0.152. The fraction of sp³-hybridized carbons (Fsp3) is 0.425. The van der Waals surface area contributed by atoms with Gasteiger partial charge in [-0.15, -0.1) is 0 Å². The summed E-state index contributed by atoms with van der Waals surface area (Å²) in [6.45, 7) is 10.7. The van der Waals surface area contributed by atoms with Crippen molar-refractivity contribution >= 4 is 59.9 Å². The Morgan fingerprint density at radius 1 is 0.651 bits per heavy atom. The summed E-state index contributed by atoms with van der Waals surface area (Å²) in [5, 5.41) is 11.9. The predicted molar refractivity (Wildman–Crippen MR) is 238 cm³/mol. The van der Waals surface area contributed by atoms with Crippen molar-refractivity contribution in [2.75, 3.05) is 19.7 Å². The number of rotatable bonds is 18. The summed E-state index contributed by atoms with van der Waals surface area (Å²) < 4.78 is 93.6. The summed E-state index contributed by atoms with van der Waals surface area (Å²) in [5.74, 6) is -1.63. The Bertz CT molecular complexity index is 2120. The topological polar surface area (TPSA) is 359 Å². The minimum absolute atomic E-state index is 0.0666. The zero-order valence-electron chi connectivity index (χ0n) is 36.1. The number of hydrogen-bond donors (Lipinski definition) is 8. The second kappa shape index (κ2) is 27.7. The Hall–Kier alpha value is -5.30. The fourth-order valence-electron chi connectivity index (χ4n) is 4.64. The van der Waals surface area contributed by atoms with E-state index in [1.807, 2.05) is 20.8 Å². The summed E-state index contributed by atoms with van der Waals surface area (Å²) in [7, 11) is -12.1. The van der Waals surface area contributed by atoms with Gasteiger partial charge in [-0.3, -0.25) is 33.2 Å². The van der Waals surface area contributed by atoms with Crippen LogP contribution in [0.2, 0.25) is 0 Å². The number of aliphatic imine (C=N–C) groups is 2. The molecule has 11 N–H and O–H groups in total. The first-order chi connectivity index (χ1) is 29.0. The number of nitrogens with two attached hydrogens (primary N) is 3. The number of nitrogens with one attached hydrogen (secondary N) is 1. The van der Waals surface area contributed by atoms with E-state index in [0.29, 0.717) is 50.4 Å². The number of carboxylic acid groups (broad SMARTS) is 1. The third kappa shape index (κ3) is 26.7. The number of ether oxygens (including phenoxy) is 1. The molecule has 2 atom stereocenters. The van der Waals surface area contributed by atoms with Crippen molar-refractivity contribution in [3.63, 3.8) is 0 Å². The average Bonchev–Trinajstić information content (AvgIpc) is 3.16. The Morgan fingerprint density at radius 2 is 0.984 bits per heavy atom. The third-order valence-corrected chi connectivity index (χ3v) is 10.8. The Kier molecular flexibility index (Phi) is 25.4. The van der Waals surface area contributed by atoms with Crippen LogP contribution in [-0.4, -0.2) is 105 Å². The number of amides is 1. The van der Waals surface area contributed by atoms with Gasteiger partial charge in [-0.2, -0.15) is 25.3 Å². The molecule has 0 bridgehead atoms. The number of aliphatic carboxylic acids is 1. The fourth-order valence-corrected chi connectivity index (χ4v) is 6.08. The number of hydrogen-bond acceptors (Lipinski definition) is 13. The van der Waals surface area contributed by atoms with Crippen LogP contribution in [0.15, 0.2) is 97.5 Å². The van der Waals surface area contributed by atoms with E-state index in [2.05, 4.69) is 15.3 Å². The molecule has 3 rings (SSSR count). The molecule has 23 heteroatoms. The number of aryl methyl sites for hydroxylation is 3. The standard InChI is InChI=1S/C19H36N6O5.3C7H8O3S/c1-13(20)23-10-6-4-8-15(22)17(27)30-12-16(26)25-19(3,18(28)29)9-5-7-11-24-14(2)21;3*1-6-2-4-7(5-3-6)11(8,9)10/h15H,4-12,22H2,1-3H3,(H2,20,23)(H2,21,24)(H,25,26)(H,28,29);3*2-5H,1H3,(H,8,9,10). The summed E-state index contributed by atoms with van der Waals surface area (Å²) in [6.07, 6.45) is 3.13. The van der Waals surface area contributed by atoms with Crippen molar-refractivity contribution in [3.05, 3.63) is 89.5 Å². The minimum Gasteiger partial charge on any atom is -0.480 e. The van der Waals surface area contributed by atoms with Crippen LogP contribution in [0.5, 0.6) is 0 Å². The number of amidine groups is 2. The lowest BCUT2D eigenvalue weighted by atomic mass is 9.94. The van der Waals surface area contributed by atoms with E-state index in [4.69, 9.17) is 35.6 Å². The molecule has 0 aliphatic rings. The quantitative estimate of drug-likeness (QED) is 0.0297. The Balaban J connectivity index is 0.000000938. The predicted octanol–water partition coefficient (Wildman–Crippen LogP) is 3.64. The molecule has 0 fully saturated rings. The third-order valence-electron chi connectivity index (χ3n) is 8.22. The molecule has 0 spiro atoms. The van der Waals surface area contributed by atoms with E-state index in [9.17, 15) is 44.7 Å². The maximum atomic E-state index is 12.1. The first-order valence-corrected chi connectivity index (χ1v) is 23.4. The monoisotopic (exact) mass is 944 g/mol. The molecule has 3 aromatic rings. The van der Waals surface area contributed by atoms with Gasteiger partial charge in [0.15, 0.2) is 6.61 Å². The van der Waals surface area contributed by atoms with Crippen molar-refractivity contribution in [3.8, 4) is 0 Å². The number of carbonyl (C=O) groups is 3. The molecule has 3 aromatic carbocycles. The van der Waals surface area contributed by atoms with Crippen LogP contribution >= 0.6 is 0 Å². The number of carbonyl (C=O) groups excluding carboxylic acids is 2. The number of benzene rings is 3. The molecule has 0 aromatic heterocycles. The molecular formula is C40H60N6O14S3. The molecule has 352 valence electrons. The van der Waals surface area contributed by atoms with E-state index >= 15 is 0 Å². The van der Waals surface area contributed by atoms with Gasteiger partial charge in [0.2, 0.25) is 0 Å². The van der Waals surface area contributed by atoms with Gasteiger partial charge in [-0.1, -0.05) is 53.1 Å². The van der Waals surface area contributed by atoms with Gasteiger partial charge in [0, 0.05) is 13.1 Å². The Labute approximate surface area is 369 Å². The van der Waals surface area contributed by atoms with Crippen LogP contribution in [-0.2, 0) is 49.5 Å². The van der Waals surface area contributed by atoms with E-state index < -0.39 is 66.4 Å². The molecule has 0 heterocycles. The average molecular weight is 945 g/mol. The van der Waals surface area contributed by atoms with Gasteiger partial charge in [0.1, 0.15) is 11.6 Å². The first kappa shape index (κ1) is 57.7. The van der Waals surface area contributed by atoms with E-state index in [-0.39, 0.29) is 21.1 Å². The highest BCUT2D eigenvalue weighted by Gasteiger charge is 2.34. The molecule has 0 aliphatic carbocycles. The maximum Gasteiger partial charge on any atom is 0.329 e. The van der Waals surface area contributed by atoms with Gasteiger partial charge in [0.05, 0.1) is 26.4 Å². The van der Waals surface area contributed by atoms with Crippen LogP contribution < -0.4 is 22.5 Å². The van der Waals surface area contributed by atoms with Gasteiger partial charge in [0.25, 0.3) is 36.3 Å². The molecule has 2 unspecified atom stereocenters. The van der Waals surface area contributed by atoms with Crippen LogP contribution in [0.4, 0.5) is 0 Å². The van der Waals surface area contributed by atoms with Crippen molar-refractivity contribution in [1.82, 2.24) is 5.32 Å². The highest BCUT2D eigenvalue weighted by atomic mass is 32.2. The van der Waals surface area contributed by atoms with Crippen molar-refractivity contribution in [2.45, 2.75) is 106 Å². The van der Waals surface area contributed by atoms with Crippen molar-refractivity contribution < 1.29 is 63.1 Å². The lowest BCUT2D eigenvalue weighted by Crippen LogP contribution is -2.53. The van der Waals surface area contributed by atoms with Crippen molar-refractivity contribution in [1.29, 1.82) is 0 Å². The molecule has 20 nitrogen and oxygen atoms in total. The number of esters is 1. The number of unbranched alkanes of at least 4 members (excludes halogenated alkanes) is 2. The molecule has 0 radical (unpaired) electrons. The van der Waals surface area contributed by atoms with Crippen molar-refractivity contribution in [2.24, 2.45) is 27.2 Å². The van der Waals surface area contributed by atoms with Gasteiger partial charge in [-0.05, 0) is 116 Å². The van der Waals surface area contributed by atoms with E-state index in [0.717, 1.165) is 23.1 Å². The minimum atomic E-state index is -4.02. The van der Waals surface area contributed by atoms with E-state index in [1.165, 1.54) is 43.3 Å². The molecule has 0 saturated heterocycles. The van der Waals surface area contributed by atoms with Crippen LogP contribution in [0, 0.1) is 20.8 Å². The largest absolute Gasteiger partial charge is 0.480 e. The summed E-state index contributed by atoms with van der Waals surface area (Å²) >= 11 is 0. The van der Waals surface area contributed by atoms with E-state index in [1.54, 1.807) is 50.2 Å². The smallest absolute Gasteiger partial charge is 0.329 e. The van der Waals surface area contributed by atoms with Gasteiger partial charge < -0.3 is 32.4 Å². The molecular weight excluding hydrogens is 885 g/mol. The first-order valence-electron chi connectivity index (χ1n) is 19.1. The Morgan fingerprint density at radius 3 is 1.29 bits per heavy atom. The highest BCUT2D eigenvalue weighted by molar-refractivity contribution is 7.86. The lowest BCUT2D eigenvalue weighted by Gasteiger charge is -2.26. The van der Waals surface area contributed by atoms with Crippen LogP contribution in [0.25, 0.3) is 0 Å². The normalized spacial score (nSPS) is 13.2. The molecule has 1 amide bonds. The maximum absolute atomic E-state index is 12.1. The SMILES string of the molecule is CC(N)=NCCCCC(N)C(=O)OCC(=O)NC(C)(CCCCN=C(C)N)C(=O)O.Cc1ccc(S(=O)(=O)O)cc1.Cc1ccc(S(=O)(=O)O)cc1.Cc1ccc(S(=O)(=O)O)cc1. The summed E-state index contributed by atoms with van der Waals surface area (Å²) in [5.41, 5.74) is 18.0. The molecule has 0 saturated carbocycles. The van der Waals surface area contributed by atoms with Crippen LogP contribution in [0.3, 0.4) is 0 Å². The molecule has 0 aliphatic heterocycles. The summed E-state index contributed by atoms with van der Waals surface area (Å²) in [6, 6.07) is 17.1. The van der Waals surface area contributed by atoms with Gasteiger partial charge in [-0.25, -0.2) is 4.79 Å². The summed E-state index contributed by atoms with van der Waals surface area (Å²) in [4.78, 5) is 43.4. The second-order valence-electron chi connectivity index (χ2n) is 14.3. The zero-order chi connectivity index (χ0) is 48.6. The number of nitrogens with zero attached hydrogens (tertiary/aromatic N) is 2. The van der Waals surface area contributed by atoms with Crippen LogP contribution in [0.1, 0.15) is 76.0 Å². The second-order valence-corrected chi connectivity index (χ2v) is 18.5. The molecule has 63 heavy (non-hydrogen) atoms. The highest BCUT2D eigenvalue weighted by Crippen LogP contribution is 2.15.